The Labute approximate surface area is 125 Å². The number of hydrogen-bond donors (Lipinski definition) is 0. The van der Waals surface area contributed by atoms with Crippen molar-refractivity contribution in [2.24, 2.45) is 0 Å². The maximum absolute atomic E-state index is 12.3. The highest BCUT2D eigenvalue weighted by Crippen LogP contribution is 2.29. The fourth-order valence-corrected chi connectivity index (χ4v) is 2.52. The number of allylic oxidation sites excluding steroid dienone is 1. The van der Waals surface area contributed by atoms with Gasteiger partial charge in [-0.25, -0.2) is 0 Å². The molecular formula is C19H17NO. The third kappa shape index (κ3) is 2.95. The van der Waals surface area contributed by atoms with Crippen LogP contribution in [0.25, 0.3) is 6.08 Å². The van der Waals surface area contributed by atoms with E-state index in [1.807, 2.05) is 65.6 Å². The molecule has 1 amide bonds. The van der Waals surface area contributed by atoms with Crippen LogP contribution >= 0.6 is 0 Å². The van der Waals surface area contributed by atoms with Crippen LogP contribution in [0.3, 0.4) is 0 Å². The zero-order valence-electron chi connectivity index (χ0n) is 11.8. The van der Waals surface area contributed by atoms with E-state index in [1.165, 1.54) is 0 Å². The standard InChI is InChI=1S/C19H17NO/c1-15-12-18(13-16-8-4-2-5-9-16)20(19(15)21)14-17-10-6-3-7-11-17/h2-11,13H,1,12,14H2/b18-13+. The van der Waals surface area contributed by atoms with E-state index >= 15 is 0 Å². The lowest BCUT2D eigenvalue weighted by atomic mass is 10.1. The second-order valence-electron chi connectivity index (χ2n) is 5.20. The van der Waals surface area contributed by atoms with Crippen LogP contribution in [0.15, 0.2) is 78.5 Å². The molecule has 1 heterocycles. The third-order valence-corrected chi connectivity index (χ3v) is 3.61. The van der Waals surface area contributed by atoms with Crippen molar-refractivity contribution in [3.05, 3.63) is 89.6 Å². The van der Waals surface area contributed by atoms with E-state index in [0.717, 1.165) is 16.8 Å². The fourth-order valence-electron chi connectivity index (χ4n) is 2.52. The van der Waals surface area contributed by atoms with E-state index in [0.29, 0.717) is 18.5 Å². The lowest BCUT2D eigenvalue weighted by Crippen LogP contribution is -2.23. The molecule has 2 aromatic rings. The van der Waals surface area contributed by atoms with Crippen molar-refractivity contribution in [3.63, 3.8) is 0 Å². The summed E-state index contributed by atoms with van der Waals surface area (Å²) in [7, 11) is 0. The summed E-state index contributed by atoms with van der Waals surface area (Å²) in [5.41, 5.74) is 3.90. The van der Waals surface area contributed by atoms with Crippen molar-refractivity contribution >= 4 is 12.0 Å². The summed E-state index contributed by atoms with van der Waals surface area (Å²) in [6, 6.07) is 20.1. The minimum absolute atomic E-state index is 0.0287. The summed E-state index contributed by atoms with van der Waals surface area (Å²) in [5.74, 6) is 0.0287. The van der Waals surface area contributed by atoms with Gasteiger partial charge in [0.2, 0.25) is 0 Å². The molecule has 1 aliphatic rings. The van der Waals surface area contributed by atoms with Gasteiger partial charge in [-0.15, -0.1) is 0 Å². The van der Waals surface area contributed by atoms with E-state index in [9.17, 15) is 4.79 Å². The average Bonchev–Trinajstić information content (AvgIpc) is 2.77. The van der Waals surface area contributed by atoms with Crippen molar-refractivity contribution in [1.29, 1.82) is 0 Å². The van der Waals surface area contributed by atoms with Gasteiger partial charge in [0.05, 0.1) is 6.54 Å². The van der Waals surface area contributed by atoms with E-state index in [-0.39, 0.29) is 5.91 Å². The predicted octanol–water partition coefficient (Wildman–Crippen LogP) is 4.02. The predicted molar refractivity (Wildman–Crippen MR) is 85.2 cm³/mol. The van der Waals surface area contributed by atoms with Crippen LogP contribution in [0.4, 0.5) is 0 Å². The molecule has 0 unspecified atom stereocenters. The van der Waals surface area contributed by atoms with Crippen molar-refractivity contribution in [3.8, 4) is 0 Å². The van der Waals surface area contributed by atoms with Gasteiger partial charge in [-0.3, -0.25) is 4.79 Å². The van der Waals surface area contributed by atoms with Gasteiger partial charge in [-0.1, -0.05) is 67.2 Å². The molecular weight excluding hydrogens is 258 g/mol. The van der Waals surface area contributed by atoms with Gasteiger partial charge in [0, 0.05) is 17.7 Å². The third-order valence-electron chi connectivity index (χ3n) is 3.61. The summed E-state index contributed by atoms with van der Waals surface area (Å²) in [6.07, 6.45) is 2.69. The number of carbonyl (C=O) groups excluding carboxylic acids is 1. The number of rotatable bonds is 3. The lowest BCUT2D eigenvalue weighted by Gasteiger charge is -2.18. The normalized spacial score (nSPS) is 16.8. The molecule has 0 spiro atoms. The smallest absolute Gasteiger partial charge is 0.254 e. The Hall–Kier alpha value is -2.61. The van der Waals surface area contributed by atoms with Crippen LogP contribution in [-0.4, -0.2) is 10.8 Å². The summed E-state index contributed by atoms with van der Waals surface area (Å²) in [6.45, 7) is 4.48. The molecule has 3 rings (SSSR count). The number of nitrogens with zero attached hydrogens (tertiary/aromatic N) is 1. The second kappa shape index (κ2) is 5.80. The lowest BCUT2D eigenvalue weighted by molar-refractivity contribution is -0.124. The highest BCUT2D eigenvalue weighted by molar-refractivity contribution is 5.98. The first kappa shape index (κ1) is 13.4. The van der Waals surface area contributed by atoms with Crippen LogP contribution in [-0.2, 0) is 11.3 Å². The Morgan fingerprint density at radius 1 is 1.00 bits per heavy atom. The number of benzene rings is 2. The molecule has 0 N–H and O–H groups in total. The molecule has 0 aliphatic carbocycles. The minimum Gasteiger partial charge on any atom is -0.308 e. The van der Waals surface area contributed by atoms with Crippen LogP contribution in [0, 0.1) is 0 Å². The molecule has 2 aromatic carbocycles. The molecule has 104 valence electrons. The fraction of sp³-hybridized carbons (Fsp3) is 0.105. The largest absolute Gasteiger partial charge is 0.308 e. The maximum Gasteiger partial charge on any atom is 0.254 e. The van der Waals surface area contributed by atoms with E-state index in [4.69, 9.17) is 0 Å². The molecule has 1 aliphatic heterocycles. The Kier molecular flexibility index (Phi) is 3.69. The molecule has 0 bridgehead atoms. The molecule has 1 saturated heterocycles. The van der Waals surface area contributed by atoms with Gasteiger partial charge in [0.1, 0.15) is 0 Å². The zero-order valence-corrected chi connectivity index (χ0v) is 11.8. The Bertz CT molecular complexity index is 686. The first-order valence-corrected chi connectivity index (χ1v) is 7.03. The summed E-state index contributed by atoms with van der Waals surface area (Å²) in [5, 5.41) is 0. The van der Waals surface area contributed by atoms with Crippen LogP contribution in [0.2, 0.25) is 0 Å². The monoisotopic (exact) mass is 275 g/mol. The molecule has 2 heteroatoms. The van der Waals surface area contributed by atoms with Crippen molar-refractivity contribution in [2.75, 3.05) is 0 Å². The zero-order chi connectivity index (χ0) is 14.7. The van der Waals surface area contributed by atoms with Gasteiger partial charge in [-0.05, 0) is 17.2 Å². The van der Waals surface area contributed by atoms with Crippen LogP contribution in [0.5, 0.6) is 0 Å². The van der Waals surface area contributed by atoms with Gasteiger partial charge >= 0.3 is 0 Å². The SMILES string of the molecule is C=C1C/C(=C\c2ccccc2)N(Cc2ccccc2)C1=O. The minimum atomic E-state index is 0.0287. The number of hydrogen-bond acceptors (Lipinski definition) is 1. The van der Waals surface area contributed by atoms with E-state index in [2.05, 4.69) is 12.7 Å². The molecule has 1 fully saturated rings. The van der Waals surface area contributed by atoms with Crippen molar-refractivity contribution in [1.82, 2.24) is 4.90 Å². The molecule has 0 saturated carbocycles. The number of likely N-dealkylation sites (tertiary alicyclic amines) is 1. The van der Waals surface area contributed by atoms with Gasteiger partial charge in [-0.2, -0.15) is 0 Å². The van der Waals surface area contributed by atoms with Crippen molar-refractivity contribution < 1.29 is 4.79 Å². The average molecular weight is 275 g/mol. The van der Waals surface area contributed by atoms with Crippen molar-refractivity contribution in [2.45, 2.75) is 13.0 Å². The molecule has 0 atom stereocenters. The van der Waals surface area contributed by atoms with E-state index in [1.54, 1.807) is 0 Å². The molecule has 2 nitrogen and oxygen atoms in total. The Morgan fingerprint density at radius 3 is 2.29 bits per heavy atom. The topological polar surface area (TPSA) is 20.3 Å². The first-order chi connectivity index (χ1) is 10.2. The quantitative estimate of drug-likeness (QED) is 0.775. The Morgan fingerprint density at radius 2 is 1.62 bits per heavy atom. The first-order valence-electron chi connectivity index (χ1n) is 7.03. The maximum atomic E-state index is 12.3. The molecule has 0 radical (unpaired) electrons. The Balaban J connectivity index is 1.90. The van der Waals surface area contributed by atoms with Gasteiger partial charge < -0.3 is 4.90 Å². The summed E-state index contributed by atoms with van der Waals surface area (Å²) >= 11 is 0. The highest BCUT2D eigenvalue weighted by atomic mass is 16.2. The number of carbonyl (C=O) groups is 1. The highest BCUT2D eigenvalue weighted by Gasteiger charge is 2.29. The molecule has 0 aromatic heterocycles. The second-order valence-corrected chi connectivity index (χ2v) is 5.20. The number of amides is 1. The summed E-state index contributed by atoms with van der Waals surface area (Å²) < 4.78 is 0. The van der Waals surface area contributed by atoms with Gasteiger partial charge in [0.15, 0.2) is 0 Å². The summed E-state index contributed by atoms with van der Waals surface area (Å²) in [4.78, 5) is 14.1. The van der Waals surface area contributed by atoms with Crippen LogP contribution in [0.1, 0.15) is 17.5 Å². The van der Waals surface area contributed by atoms with Gasteiger partial charge in [0.25, 0.3) is 5.91 Å². The van der Waals surface area contributed by atoms with Crippen LogP contribution < -0.4 is 0 Å². The molecule has 21 heavy (non-hydrogen) atoms. The van der Waals surface area contributed by atoms with E-state index < -0.39 is 0 Å².